The molecule has 0 aliphatic heterocycles. The molecule has 0 saturated heterocycles. The van der Waals surface area contributed by atoms with Gasteiger partial charge >= 0.3 is 5.97 Å². The van der Waals surface area contributed by atoms with Crippen LogP contribution in [0.1, 0.15) is 29.7 Å². The smallest absolute Gasteiger partial charge is 0.326 e. The molecule has 3 heterocycles. The third kappa shape index (κ3) is 9.04. The van der Waals surface area contributed by atoms with E-state index in [-0.39, 0.29) is 44.6 Å². The normalized spacial score (nSPS) is 13.6. The molecule has 0 spiro atoms. The third-order valence-electron chi connectivity index (χ3n) is 8.36. The molecule has 50 heavy (non-hydrogen) atoms. The summed E-state index contributed by atoms with van der Waals surface area (Å²) in [5.74, 6) is -3.35. The third-order valence-corrected chi connectivity index (χ3v) is 8.36. The second kappa shape index (κ2) is 16.3. The Balaban J connectivity index is 1.36. The van der Waals surface area contributed by atoms with Gasteiger partial charge in [-0.25, -0.2) is 9.78 Å². The fraction of sp³-hybridized carbons (Fsp3) is 0.294. The number of fused-ring (bicyclic) bond motifs is 2. The predicted molar refractivity (Wildman–Crippen MR) is 188 cm³/mol. The first-order valence-electron chi connectivity index (χ1n) is 16.1. The number of carboxylic acid groups (broad SMARTS) is 1. The predicted octanol–water partition coefficient (Wildman–Crippen LogP) is 0.320. The van der Waals surface area contributed by atoms with Crippen molar-refractivity contribution in [3.63, 3.8) is 0 Å². The zero-order valence-corrected chi connectivity index (χ0v) is 27.2. The molecule has 0 aliphatic carbocycles. The van der Waals surface area contributed by atoms with Crippen LogP contribution in [0.15, 0.2) is 78.4 Å². The minimum absolute atomic E-state index is 0.00673. The van der Waals surface area contributed by atoms with Gasteiger partial charge in [0.2, 0.25) is 17.7 Å². The fourth-order valence-corrected chi connectivity index (χ4v) is 5.77. The molecule has 4 atom stereocenters. The van der Waals surface area contributed by atoms with E-state index in [1.54, 1.807) is 18.6 Å². The molecule has 0 saturated carbocycles. The van der Waals surface area contributed by atoms with E-state index in [1.807, 2.05) is 48.5 Å². The number of nitrogens with one attached hydrogen (secondary N) is 6. The first-order chi connectivity index (χ1) is 24.1. The molecule has 262 valence electrons. The summed E-state index contributed by atoms with van der Waals surface area (Å²) in [6.07, 6.45) is 7.05. The molecule has 5 rings (SSSR count). The van der Waals surface area contributed by atoms with Gasteiger partial charge in [0.1, 0.15) is 18.1 Å². The van der Waals surface area contributed by atoms with E-state index >= 15 is 0 Å². The van der Waals surface area contributed by atoms with Crippen molar-refractivity contribution >= 4 is 51.5 Å². The largest absolute Gasteiger partial charge is 0.480 e. The van der Waals surface area contributed by atoms with Crippen LogP contribution in [0.4, 0.5) is 0 Å². The topological polar surface area (TPSA) is 275 Å². The maximum Gasteiger partial charge on any atom is 0.326 e. The second-order valence-electron chi connectivity index (χ2n) is 12.0. The van der Waals surface area contributed by atoms with Crippen molar-refractivity contribution in [1.29, 1.82) is 0 Å². The summed E-state index contributed by atoms with van der Waals surface area (Å²) < 4.78 is 0. The highest BCUT2D eigenvalue weighted by Gasteiger charge is 2.31. The number of hydrogen-bond acceptors (Lipinski definition) is 7. The highest BCUT2D eigenvalue weighted by Crippen LogP contribution is 2.21. The highest BCUT2D eigenvalue weighted by molar-refractivity contribution is 5.95. The molecule has 3 amide bonds. The molecular formula is C34H41N11O5. The molecule has 0 bridgehead atoms. The average molecular weight is 684 g/mol. The Bertz CT molecular complexity index is 1960. The van der Waals surface area contributed by atoms with Crippen molar-refractivity contribution < 1.29 is 24.3 Å². The molecule has 5 aromatic rings. The van der Waals surface area contributed by atoms with E-state index in [4.69, 9.17) is 17.2 Å². The van der Waals surface area contributed by atoms with Crippen molar-refractivity contribution in [3.8, 4) is 0 Å². The molecule has 13 N–H and O–H groups in total. The first kappa shape index (κ1) is 35.2. The number of imidazole rings is 1. The van der Waals surface area contributed by atoms with E-state index < -0.39 is 47.9 Å². The van der Waals surface area contributed by atoms with Gasteiger partial charge in [-0.05, 0) is 36.1 Å². The van der Waals surface area contributed by atoms with Gasteiger partial charge < -0.3 is 53.2 Å². The summed E-state index contributed by atoms with van der Waals surface area (Å²) >= 11 is 0. The molecule has 0 radical (unpaired) electrons. The van der Waals surface area contributed by atoms with E-state index in [9.17, 15) is 24.3 Å². The maximum atomic E-state index is 14.0. The number of carbonyl (C=O) groups is 4. The summed E-state index contributed by atoms with van der Waals surface area (Å²) in [5, 5.41) is 19.8. The summed E-state index contributed by atoms with van der Waals surface area (Å²) in [6.45, 7) is 0.164. The van der Waals surface area contributed by atoms with Crippen molar-refractivity contribution in [2.75, 3.05) is 6.54 Å². The minimum Gasteiger partial charge on any atom is -0.480 e. The van der Waals surface area contributed by atoms with Crippen molar-refractivity contribution in [1.82, 2.24) is 35.9 Å². The van der Waals surface area contributed by atoms with Gasteiger partial charge in [0.05, 0.1) is 12.4 Å². The van der Waals surface area contributed by atoms with Gasteiger partial charge in [0.15, 0.2) is 5.96 Å². The van der Waals surface area contributed by atoms with Crippen LogP contribution in [-0.2, 0) is 38.4 Å². The number of hydrogen-bond donors (Lipinski definition) is 10. The molecule has 3 aromatic heterocycles. The number of para-hydroxylation sites is 2. The van der Waals surface area contributed by atoms with Gasteiger partial charge in [-0.2, -0.15) is 0 Å². The van der Waals surface area contributed by atoms with Crippen LogP contribution >= 0.6 is 0 Å². The molecule has 2 aromatic carbocycles. The van der Waals surface area contributed by atoms with Gasteiger partial charge in [-0.15, -0.1) is 0 Å². The number of aromatic nitrogens is 4. The van der Waals surface area contributed by atoms with Gasteiger partial charge in [-0.1, -0.05) is 36.4 Å². The van der Waals surface area contributed by atoms with Crippen LogP contribution in [0.5, 0.6) is 0 Å². The van der Waals surface area contributed by atoms with Crippen LogP contribution in [0, 0.1) is 0 Å². The second-order valence-corrected chi connectivity index (χ2v) is 12.0. The van der Waals surface area contributed by atoms with E-state index in [0.717, 1.165) is 27.4 Å². The van der Waals surface area contributed by atoms with Gasteiger partial charge in [-0.3, -0.25) is 19.4 Å². The zero-order chi connectivity index (χ0) is 35.6. The first-order valence-corrected chi connectivity index (χ1v) is 16.1. The van der Waals surface area contributed by atoms with Crippen LogP contribution in [-0.4, -0.2) is 85.4 Å². The van der Waals surface area contributed by atoms with Crippen LogP contribution < -0.4 is 33.2 Å². The van der Waals surface area contributed by atoms with Crippen molar-refractivity contribution in [2.24, 2.45) is 22.2 Å². The Kier molecular flexibility index (Phi) is 11.5. The number of aromatic amines is 3. The van der Waals surface area contributed by atoms with Crippen LogP contribution in [0.3, 0.4) is 0 Å². The molecule has 16 nitrogen and oxygen atoms in total. The van der Waals surface area contributed by atoms with Gasteiger partial charge in [0.25, 0.3) is 0 Å². The number of amides is 3. The van der Waals surface area contributed by atoms with E-state index in [0.29, 0.717) is 11.3 Å². The molecule has 0 fully saturated rings. The van der Waals surface area contributed by atoms with Crippen LogP contribution in [0.25, 0.3) is 21.8 Å². The Morgan fingerprint density at radius 1 is 0.760 bits per heavy atom. The SMILES string of the molecule is NC(N)=NCCCC(NC(=O)C(Cc1c[nH]c2ccccc12)NC(=O)C(N)Cc1cnc[nH]1)C(=O)NC(Cc1c[nH]c2ccccc12)C(=O)O. The standard InChI is InChI=1S/C34H41N11O5/c35-24(14-21-17-38-18-42-21)30(46)44-28(12-19-15-40-25-8-3-1-6-22(19)25)32(48)43-27(10-5-11-39-34(36)37)31(47)45-29(33(49)50)13-20-16-41-26-9-4-2-7-23(20)26/h1-4,6-9,15-18,24,27-29,40-41H,5,10-14,35H2,(H,38,42)(H,43,48)(H,44,46)(H,45,47)(H,49,50)(H4,36,37,39). The average Bonchev–Trinajstić information content (AvgIpc) is 3.86. The number of nitrogens with two attached hydrogens (primary N) is 3. The molecule has 0 aliphatic rings. The summed E-state index contributed by atoms with van der Waals surface area (Å²) in [7, 11) is 0. The molecular weight excluding hydrogens is 642 g/mol. The maximum absolute atomic E-state index is 14.0. The lowest BCUT2D eigenvalue weighted by atomic mass is 10.0. The highest BCUT2D eigenvalue weighted by atomic mass is 16.4. The molecule has 4 unspecified atom stereocenters. The van der Waals surface area contributed by atoms with Crippen LogP contribution in [0.2, 0.25) is 0 Å². The Morgan fingerprint density at radius 3 is 1.90 bits per heavy atom. The lowest BCUT2D eigenvalue weighted by Crippen LogP contribution is -2.58. The van der Waals surface area contributed by atoms with Crippen molar-refractivity contribution in [2.45, 2.75) is 56.3 Å². The number of guanidine groups is 1. The number of H-pyrrole nitrogens is 3. The zero-order valence-electron chi connectivity index (χ0n) is 27.2. The number of carbonyl (C=O) groups excluding carboxylic acids is 3. The number of rotatable bonds is 17. The Labute approximate surface area is 286 Å². The fourth-order valence-electron chi connectivity index (χ4n) is 5.77. The van der Waals surface area contributed by atoms with Crippen molar-refractivity contribution in [3.05, 3.63) is 90.3 Å². The number of aliphatic carboxylic acids is 1. The summed E-state index contributed by atoms with van der Waals surface area (Å²) in [6, 6.07) is 10.3. The summed E-state index contributed by atoms with van der Waals surface area (Å²) in [4.78, 5) is 70.4. The Morgan fingerprint density at radius 2 is 1.32 bits per heavy atom. The number of aliphatic imine (C=N–C) groups is 1. The lowest BCUT2D eigenvalue weighted by molar-refractivity contribution is -0.142. The Hall–Kier alpha value is -6.16. The van der Waals surface area contributed by atoms with E-state index in [1.165, 1.54) is 6.33 Å². The number of nitrogens with zero attached hydrogens (tertiary/aromatic N) is 2. The number of benzene rings is 2. The number of carboxylic acids is 1. The molecule has 16 heteroatoms. The van der Waals surface area contributed by atoms with E-state index in [2.05, 4.69) is 40.9 Å². The summed E-state index contributed by atoms with van der Waals surface area (Å²) in [5.41, 5.74) is 20.9. The van der Waals surface area contributed by atoms with Gasteiger partial charge in [0, 0.05) is 71.9 Å². The quantitative estimate of drug-likeness (QED) is 0.0367. The minimum atomic E-state index is -1.30. The lowest BCUT2D eigenvalue weighted by Gasteiger charge is -2.25. The monoisotopic (exact) mass is 683 g/mol.